The van der Waals surface area contributed by atoms with E-state index >= 15 is 0 Å². The summed E-state index contributed by atoms with van der Waals surface area (Å²) in [5.41, 5.74) is -3.05. The maximum atomic E-state index is 12.7. The predicted octanol–water partition coefficient (Wildman–Crippen LogP) is 1.53. The number of pyridine rings is 1. The van der Waals surface area contributed by atoms with Crippen LogP contribution >= 0.6 is 11.8 Å². The van der Waals surface area contributed by atoms with Gasteiger partial charge in [0.25, 0.3) is 0 Å². The van der Waals surface area contributed by atoms with Crippen molar-refractivity contribution in [1.29, 1.82) is 5.26 Å². The van der Waals surface area contributed by atoms with Gasteiger partial charge in [-0.1, -0.05) is 11.8 Å². The normalized spacial score (nSPS) is 10.9. The van der Waals surface area contributed by atoms with E-state index < -0.39 is 28.8 Å². The number of aromatic nitrogens is 1. The summed E-state index contributed by atoms with van der Waals surface area (Å²) >= 11 is 0.596. The average Bonchev–Trinajstić information content (AvgIpc) is 2.34. The van der Waals surface area contributed by atoms with E-state index in [1.165, 1.54) is 6.07 Å². The fourth-order valence-corrected chi connectivity index (χ4v) is 2.02. The second-order valence-electron chi connectivity index (χ2n) is 3.23. The molecule has 0 aromatic carbocycles. The SMILES string of the molecule is COC(=O)CSc1[nH]c(=O)cc(C(F)(F)F)c1C#N. The van der Waals surface area contributed by atoms with Gasteiger partial charge in [-0.25, -0.2) is 0 Å². The van der Waals surface area contributed by atoms with E-state index in [2.05, 4.69) is 9.72 Å². The third-order valence-corrected chi connectivity index (χ3v) is 2.96. The van der Waals surface area contributed by atoms with Crippen LogP contribution < -0.4 is 5.56 Å². The summed E-state index contributed by atoms with van der Waals surface area (Å²) in [5, 5.41) is 8.46. The smallest absolute Gasteiger partial charge is 0.417 e. The van der Waals surface area contributed by atoms with E-state index in [1.807, 2.05) is 0 Å². The van der Waals surface area contributed by atoms with E-state index in [1.54, 1.807) is 0 Å². The molecule has 0 aliphatic carbocycles. The van der Waals surface area contributed by atoms with Crippen molar-refractivity contribution in [2.75, 3.05) is 12.9 Å². The molecule has 102 valence electrons. The van der Waals surface area contributed by atoms with E-state index in [0.717, 1.165) is 7.11 Å². The number of ether oxygens (including phenoxy) is 1. The standard InChI is InChI=1S/C10H7F3N2O3S/c1-18-8(17)4-19-9-5(3-14)6(10(11,12)13)2-7(16)15-9/h2H,4H2,1H3,(H,15,16). The van der Waals surface area contributed by atoms with Crippen molar-refractivity contribution in [2.45, 2.75) is 11.2 Å². The number of alkyl halides is 3. The topological polar surface area (TPSA) is 83.0 Å². The Kier molecular flexibility index (Phi) is 4.61. The molecule has 0 radical (unpaired) electrons. The molecule has 1 rings (SSSR count). The Balaban J connectivity index is 3.25. The number of carbonyl (C=O) groups is 1. The Morgan fingerprint density at radius 1 is 1.58 bits per heavy atom. The zero-order valence-electron chi connectivity index (χ0n) is 9.50. The minimum atomic E-state index is -4.82. The number of hydrogen-bond acceptors (Lipinski definition) is 5. The molecule has 0 spiro atoms. The molecule has 5 nitrogen and oxygen atoms in total. The van der Waals surface area contributed by atoms with Crippen molar-refractivity contribution in [3.05, 3.63) is 27.5 Å². The van der Waals surface area contributed by atoms with Crippen molar-refractivity contribution in [1.82, 2.24) is 4.98 Å². The van der Waals surface area contributed by atoms with E-state index in [-0.39, 0.29) is 10.8 Å². The van der Waals surface area contributed by atoms with Crippen molar-refractivity contribution in [2.24, 2.45) is 0 Å². The van der Waals surface area contributed by atoms with Gasteiger partial charge >= 0.3 is 12.1 Å². The largest absolute Gasteiger partial charge is 0.468 e. The highest BCUT2D eigenvalue weighted by molar-refractivity contribution is 7.99. The van der Waals surface area contributed by atoms with Gasteiger partial charge in [-0.05, 0) is 0 Å². The highest BCUT2D eigenvalue weighted by Crippen LogP contribution is 2.33. The molecule has 1 heterocycles. The number of rotatable bonds is 3. The van der Waals surface area contributed by atoms with Gasteiger partial charge in [0.05, 0.1) is 29.0 Å². The van der Waals surface area contributed by atoms with Crippen molar-refractivity contribution >= 4 is 17.7 Å². The Hall–Kier alpha value is -1.95. The molecular formula is C10H7F3N2O3S. The summed E-state index contributed by atoms with van der Waals surface area (Å²) in [7, 11) is 1.11. The Morgan fingerprint density at radius 2 is 2.21 bits per heavy atom. The fourth-order valence-electron chi connectivity index (χ4n) is 1.17. The molecule has 0 atom stereocenters. The number of thioether (sulfide) groups is 1. The van der Waals surface area contributed by atoms with Crippen LogP contribution in [0.3, 0.4) is 0 Å². The predicted molar refractivity (Wildman–Crippen MR) is 59.5 cm³/mol. The molecule has 1 aromatic heterocycles. The van der Waals surface area contributed by atoms with Gasteiger partial charge in [0.15, 0.2) is 0 Å². The number of hydrogen-bond donors (Lipinski definition) is 1. The van der Waals surface area contributed by atoms with Crippen molar-refractivity contribution in [3.63, 3.8) is 0 Å². The van der Waals surface area contributed by atoms with Gasteiger partial charge in [0, 0.05) is 6.07 Å². The third-order valence-electron chi connectivity index (χ3n) is 1.99. The van der Waals surface area contributed by atoms with Crippen LogP contribution in [0.25, 0.3) is 0 Å². The second-order valence-corrected chi connectivity index (χ2v) is 4.21. The lowest BCUT2D eigenvalue weighted by Crippen LogP contribution is -2.17. The summed E-state index contributed by atoms with van der Waals surface area (Å²) < 4.78 is 42.3. The Labute approximate surface area is 109 Å². The molecule has 0 unspecified atom stereocenters. The summed E-state index contributed by atoms with van der Waals surface area (Å²) in [4.78, 5) is 24.2. The van der Waals surface area contributed by atoms with Gasteiger partial charge in [-0.15, -0.1) is 0 Å². The van der Waals surface area contributed by atoms with Crippen LogP contribution in [0.15, 0.2) is 15.9 Å². The van der Waals surface area contributed by atoms with Crippen LogP contribution in [-0.4, -0.2) is 23.8 Å². The first-order valence-corrected chi connectivity index (χ1v) is 5.72. The maximum Gasteiger partial charge on any atom is 0.417 e. The molecule has 0 saturated carbocycles. The van der Waals surface area contributed by atoms with Crippen molar-refractivity contribution < 1.29 is 22.7 Å². The van der Waals surface area contributed by atoms with Gasteiger partial charge in [-0.2, -0.15) is 18.4 Å². The lowest BCUT2D eigenvalue weighted by atomic mass is 10.1. The molecule has 0 saturated heterocycles. The molecular weight excluding hydrogens is 285 g/mol. The minimum absolute atomic E-state index is 0.306. The number of carbonyl (C=O) groups excluding carboxylic acids is 1. The Morgan fingerprint density at radius 3 is 2.68 bits per heavy atom. The van der Waals surface area contributed by atoms with Crippen LogP contribution in [0, 0.1) is 11.3 Å². The van der Waals surface area contributed by atoms with E-state index in [4.69, 9.17) is 5.26 Å². The van der Waals surface area contributed by atoms with E-state index in [9.17, 15) is 22.8 Å². The van der Waals surface area contributed by atoms with Crippen LogP contribution in [-0.2, 0) is 15.7 Å². The number of methoxy groups -OCH3 is 1. The number of nitriles is 1. The summed E-state index contributed by atoms with van der Waals surface area (Å²) in [6.07, 6.45) is -4.82. The average molecular weight is 292 g/mol. The number of nitrogens with one attached hydrogen (secondary N) is 1. The molecule has 19 heavy (non-hydrogen) atoms. The number of nitrogens with zero attached hydrogens (tertiary/aromatic N) is 1. The summed E-state index contributed by atoms with van der Waals surface area (Å²) in [5.74, 6) is -1.00. The first-order chi connectivity index (χ1) is 8.79. The number of halogens is 3. The molecule has 1 aromatic rings. The second kappa shape index (κ2) is 5.79. The number of H-pyrrole nitrogens is 1. The first-order valence-electron chi connectivity index (χ1n) is 4.73. The zero-order valence-corrected chi connectivity index (χ0v) is 10.3. The lowest BCUT2D eigenvalue weighted by Gasteiger charge is -2.10. The fraction of sp³-hybridized carbons (Fsp3) is 0.300. The van der Waals surface area contributed by atoms with Crippen LogP contribution in [0.5, 0.6) is 0 Å². The van der Waals surface area contributed by atoms with Crippen LogP contribution in [0.1, 0.15) is 11.1 Å². The van der Waals surface area contributed by atoms with E-state index in [0.29, 0.717) is 17.8 Å². The highest BCUT2D eigenvalue weighted by atomic mass is 32.2. The van der Waals surface area contributed by atoms with Gasteiger partial charge in [0.1, 0.15) is 6.07 Å². The third kappa shape index (κ3) is 3.75. The molecule has 0 aliphatic heterocycles. The Bertz CT molecular complexity index is 589. The number of esters is 1. The summed E-state index contributed by atoms with van der Waals surface area (Å²) in [6, 6.07) is 1.68. The van der Waals surface area contributed by atoms with Crippen LogP contribution in [0.4, 0.5) is 13.2 Å². The lowest BCUT2D eigenvalue weighted by molar-refractivity contribution is -0.138. The number of aromatic amines is 1. The highest BCUT2D eigenvalue weighted by Gasteiger charge is 2.35. The van der Waals surface area contributed by atoms with Gasteiger partial charge < -0.3 is 9.72 Å². The van der Waals surface area contributed by atoms with Gasteiger partial charge in [-0.3, -0.25) is 9.59 Å². The molecule has 0 amide bonds. The van der Waals surface area contributed by atoms with Crippen molar-refractivity contribution in [3.8, 4) is 6.07 Å². The molecule has 9 heteroatoms. The monoisotopic (exact) mass is 292 g/mol. The zero-order chi connectivity index (χ0) is 14.6. The first kappa shape index (κ1) is 15.1. The molecule has 0 fully saturated rings. The minimum Gasteiger partial charge on any atom is -0.468 e. The van der Waals surface area contributed by atoms with Gasteiger partial charge in [0.2, 0.25) is 5.56 Å². The summed E-state index contributed by atoms with van der Waals surface area (Å²) in [6.45, 7) is 0. The molecule has 0 aliphatic rings. The maximum absolute atomic E-state index is 12.7. The molecule has 0 bridgehead atoms. The molecule has 1 N–H and O–H groups in total. The quantitative estimate of drug-likeness (QED) is 0.674. The van der Waals surface area contributed by atoms with Crippen LogP contribution in [0.2, 0.25) is 0 Å².